The number of anilines is 1. The molecule has 1 heterocycles. The van der Waals surface area contributed by atoms with Crippen LogP contribution < -0.4 is 4.90 Å². The van der Waals surface area contributed by atoms with E-state index in [4.69, 9.17) is 16.3 Å². The van der Waals surface area contributed by atoms with E-state index in [1.807, 2.05) is 24.3 Å². The standard InChI is InChI=1S/C24H27ClN2O4/c1-4-26(5-2)19-12-8-16(9-13-19)21-20(22(28)17-6-10-18(25)11-7-17)23(29)24(30)27(21)14-15-31-3/h6-13,21,28H,4-5,14-15H2,1-3H3/b22-20-. The van der Waals surface area contributed by atoms with Crippen molar-refractivity contribution in [1.29, 1.82) is 0 Å². The number of Topliss-reactive ketones (excluding diaryl/α,β-unsaturated/α-hetero) is 1. The first-order valence-corrected chi connectivity index (χ1v) is 10.7. The van der Waals surface area contributed by atoms with Crippen molar-refractivity contribution in [2.24, 2.45) is 0 Å². The summed E-state index contributed by atoms with van der Waals surface area (Å²) in [6, 6.07) is 13.6. The van der Waals surface area contributed by atoms with E-state index in [9.17, 15) is 14.7 Å². The van der Waals surface area contributed by atoms with Gasteiger partial charge >= 0.3 is 0 Å². The molecule has 0 bridgehead atoms. The van der Waals surface area contributed by atoms with Crippen molar-refractivity contribution < 1.29 is 19.4 Å². The van der Waals surface area contributed by atoms with Crippen LogP contribution in [-0.4, -0.2) is 55.0 Å². The predicted octanol–water partition coefficient (Wildman–Crippen LogP) is 4.25. The highest BCUT2D eigenvalue weighted by atomic mass is 35.5. The lowest BCUT2D eigenvalue weighted by atomic mass is 9.95. The highest BCUT2D eigenvalue weighted by Crippen LogP contribution is 2.39. The van der Waals surface area contributed by atoms with E-state index in [-0.39, 0.29) is 24.5 Å². The van der Waals surface area contributed by atoms with Crippen molar-refractivity contribution in [2.75, 3.05) is 38.3 Å². The summed E-state index contributed by atoms with van der Waals surface area (Å²) in [6.07, 6.45) is 0. The second kappa shape index (κ2) is 9.98. The fraction of sp³-hybridized carbons (Fsp3) is 0.333. The van der Waals surface area contributed by atoms with Gasteiger partial charge in [0, 0.05) is 43.0 Å². The Hall–Kier alpha value is -2.83. The molecule has 0 saturated carbocycles. The first-order valence-electron chi connectivity index (χ1n) is 10.3. The molecule has 2 aromatic carbocycles. The molecular formula is C24H27ClN2O4. The van der Waals surface area contributed by atoms with Gasteiger partial charge in [0.25, 0.3) is 11.7 Å². The number of likely N-dealkylation sites (tertiary alicyclic amines) is 1. The van der Waals surface area contributed by atoms with Gasteiger partial charge in [-0.15, -0.1) is 0 Å². The molecule has 0 radical (unpaired) electrons. The molecule has 1 aliphatic heterocycles. The number of benzene rings is 2. The van der Waals surface area contributed by atoms with E-state index in [0.717, 1.165) is 24.3 Å². The van der Waals surface area contributed by atoms with Crippen LogP contribution in [0.2, 0.25) is 5.02 Å². The van der Waals surface area contributed by atoms with Crippen LogP contribution >= 0.6 is 11.6 Å². The van der Waals surface area contributed by atoms with Gasteiger partial charge in [0.15, 0.2) is 0 Å². The number of aliphatic hydroxyl groups excluding tert-OH is 1. The molecule has 1 amide bonds. The van der Waals surface area contributed by atoms with E-state index >= 15 is 0 Å². The summed E-state index contributed by atoms with van der Waals surface area (Å²) in [5.74, 6) is -1.57. The van der Waals surface area contributed by atoms with Crippen molar-refractivity contribution in [3.8, 4) is 0 Å². The van der Waals surface area contributed by atoms with Crippen molar-refractivity contribution in [1.82, 2.24) is 4.90 Å². The molecule has 164 valence electrons. The quantitative estimate of drug-likeness (QED) is 0.376. The van der Waals surface area contributed by atoms with E-state index in [2.05, 4.69) is 18.7 Å². The molecule has 6 nitrogen and oxygen atoms in total. The number of rotatable bonds is 8. The van der Waals surface area contributed by atoms with Crippen LogP contribution in [0.4, 0.5) is 5.69 Å². The van der Waals surface area contributed by atoms with Crippen LogP contribution in [0.25, 0.3) is 5.76 Å². The van der Waals surface area contributed by atoms with Crippen molar-refractivity contribution in [3.63, 3.8) is 0 Å². The summed E-state index contributed by atoms with van der Waals surface area (Å²) in [4.78, 5) is 29.4. The lowest BCUT2D eigenvalue weighted by Crippen LogP contribution is -2.32. The fourth-order valence-electron chi connectivity index (χ4n) is 3.87. The van der Waals surface area contributed by atoms with Gasteiger partial charge in [-0.1, -0.05) is 23.7 Å². The highest BCUT2D eigenvalue weighted by molar-refractivity contribution is 6.46. The molecule has 0 aromatic heterocycles. The molecule has 1 N–H and O–H groups in total. The van der Waals surface area contributed by atoms with E-state index in [1.54, 1.807) is 24.3 Å². The Balaban J connectivity index is 2.10. The van der Waals surface area contributed by atoms with Crippen molar-refractivity contribution in [2.45, 2.75) is 19.9 Å². The van der Waals surface area contributed by atoms with Gasteiger partial charge < -0.3 is 19.6 Å². The van der Waals surface area contributed by atoms with Crippen LogP contribution in [0.1, 0.15) is 31.0 Å². The minimum absolute atomic E-state index is 0.0685. The van der Waals surface area contributed by atoms with Crippen LogP contribution in [-0.2, 0) is 14.3 Å². The molecule has 7 heteroatoms. The Kier molecular flexibility index (Phi) is 7.36. The Labute approximate surface area is 187 Å². The summed E-state index contributed by atoms with van der Waals surface area (Å²) in [7, 11) is 1.54. The molecule has 0 spiro atoms. The normalized spacial score (nSPS) is 17.9. The first kappa shape index (κ1) is 22.8. The van der Waals surface area contributed by atoms with E-state index in [0.29, 0.717) is 10.6 Å². The van der Waals surface area contributed by atoms with Crippen molar-refractivity contribution in [3.05, 3.63) is 70.3 Å². The maximum absolute atomic E-state index is 12.9. The Bertz CT molecular complexity index is 966. The predicted molar refractivity (Wildman–Crippen MR) is 122 cm³/mol. The topological polar surface area (TPSA) is 70.1 Å². The van der Waals surface area contributed by atoms with E-state index < -0.39 is 17.7 Å². The first-order chi connectivity index (χ1) is 14.9. The number of aliphatic hydroxyl groups is 1. The number of ether oxygens (including phenoxy) is 1. The molecule has 1 atom stereocenters. The summed E-state index contributed by atoms with van der Waals surface area (Å²) >= 11 is 5.95. The van der Waals surface area contributed by atoms with Gasteiger partial charge in [-0.2, -0.15) is 0 Å². The minimum Gasteiger partial charge on any atom is -0.507 e. The Morgan fingerprint density at radius 3 is 2.23 bits per heavy atom. The number of carbonyl (C=O) groups is 2. The Morgan fingerprint density at radius 1 is 1.06 bits per heavy atom. The molecule has 3 rings (SSSR count). The number of hydrogen-bond donors (Lipinski definition) is 1. The highest BCUT2D eigenvalue weighted by Gasteiger charge is 2.45. The number of halogens is 1. The number of methoxy groups -OCH3 is 1. The SMILES string of the molecule is CCN(CC)c1ccc(C2/C(=C(/O)c3ccc(Cl)cc3)C(=O)C(=O)N2CCOC)cc1. The zero-order chi connectivity index (χ0) is 22.5. The largest absolute Gasteiger partial charge is 0.507 e. The van der Waals surface area contributed by atoms with E-state index in [1.165, 1.54) is 12.0 Å². The molecule has 1 saturated heterocycles. The molecule has 0 aliphatic carbocycles. The molecule has 31 heavy (non-hydrogen) atoms. The molecule has 1 unspecified atom stereocenters. The zero-order valence-corrected chi connectivity index (χ0v) is 18.7. The number of hydrogen-bond acceptors (Lipinski definition) is 5. The summed E-state index contributed by atoms with van der Waals surface area (Å²) in [5.41, 5.74) is 2.31. The van der Waals surface area contributed by atoms with Gasteiger partial charge in [0.05, 0.1) is 18.2 Å². The fourth-order valence-corrected chi connectivity index (χ4v) is 3.99. The number of ketones is 1. The van der Waals surface area contributed by atoms with Crippen molar-refractivity contribution >= 4 is 34.7 Å². The third-order valence-electron chi connectivity index (χ3n) is 5.53. The number of nitrogens with zero attached hydrogens (tertiary/aromatic N) is 2. The van der Waals surface area contributed by atoms with Gasteiger partial charge in [-0.05, 0) is 55.8 Å². The molecular weight excluding hydrogens is 416 g/mol. The average molecular weight is 443 g/mol. The van der Waals surface area contributed by atoms with Gasteiger partial charge in [-0.3, -0.25) is 9.59 Å². The van der Waals surface area contributed by atoms with Gasteiger partial charge in [0.2, 0.25) is 0 Å². The third-order valence-corrected chi connectivity index (χ3v) is 5.78. The maximum atomic E-state index is 12.9. The Morgan fingerprint density at radius 2 is 1.68 bits per heavy atom. The monoisotopic (exact) mass is 442 g/mol. The summed E-state index contributed by atoms with van der Waals surface area (Å²) < 4.78 is 5.14. The molecule has 1 aliphatic rings. The third kappa shape index (κ3) is 4.60. The lowest BCUT2D eigenvalue weighted by Gasteiger charge is -2.26. The molecule has 1 fully saturated rings. The smallest absolute Gasteiger partial charge is 0.295 e. The molecule has 2 aromatic rings. The number of amides is 1. The average Bonchev–Trinajstić information content (AvgIpc) is 3.03. The maximum Gasteiger partial charge on any atom is 0.295 e. The second-order valence-corrected chi connectivity index (χ2v) is 7.69. The summed E-state index contributed by atoms with van der Waals surface area (Å²) in [6.45, 7) is 6.44. The van der Waals surface area contributed by atoms with Crippen LogP contribution in [0.5, 0.6) is 0 Å². The minimum atomic E-state index is -0.707. The zero-order valence-electron chi connectivity index (χ0n) is 18.0. The lowest BCUT2D eigenvalue weighted by molar-refractivity contribution is -0.140. The van der Waals surface area contributed by atoms with Crippen LogP contribution in [0.3, 0.4) is 0 Å². The second-order valence-electron chi connectivity index (χ2n) is 7.26. The van der Waals surface area contributed by atoms with Gasteiger partial charge in [0.1, 0.15) is 5.76 Å². The van der Waals surface area contributed by atoms with Crippen LogP contribution in [0.15, 0.2) is 54.1 Å². The van der Waals surface area contributed by atoms with Gasteiger partial charge in [-0.25, -0.2) is 0 Å². The summed E-state index contributed by atoms with van der Waals surface area (Å²) in [5, 5.41) is 11.5. The number of carbonyl (C=O) groups excluding carboxylic acids is 2. The van der Waals surface area contributed by atoms with Crippen LogP contribution in [0, 0.1) is 0 Å².